The zero-order chi connectivity index (χ0) is 13.6. The average Bonchev–Trinajstić information content (AvgIpc) is 2.79. The monoisotopic (exact) mass is 287 g/mol. The Labute approximate surface area is 104 Å². The summed E-state index contributed by atoms with van der Waals surface area (Å²) in [7, 11) is 0. The molecule has 0 bridgehead atoms. The molecule has 1 unspecified atom stereocenters. The molecule has 1 aromatic rings. The van der Waals surface area contributed by atoms with E-state index in [9.17, 15) is 22.0 Å². The molecule has 0 aromatic carbocycles. The van der Waals surface area contributed by atoms with E-state index in [1.54, 1.807) is 0 Å². The van der Waals surface area contributed by atoms with Crippen LogP contribution >= 0.6 is 11.5 Å². The van der Waals surface area contributed by atoms with Crippen LogP contribution < -0.4 is 0 Å². The summed E-state index contributed by atoms with van der Waals surface area (Å²) >= 11 is 0.215. The van der Waals surface area contributed by atoms with Gasteiger partial charge in [0.05, 0.1) is 12.3 Å². The van der Waals surface area contributed by atoms with Crippen LogP contribution in [-0.2, 0) is 12.8 Å². The van der Waals surface area contributed by atoms with Gasteiger partial charge in [0.25, 0.3) is 0 Å². The smallest absolute Gasteiger partial charge is 0.392 e. The van der Waals surface area contributed by atoms with Crippen molar-refractivity contribution in [2.75, 3.05) is 0 Å². The van der Waals surface area contributed by atoms with Crippen LogP contribution in [0, 0.1) is 0 Å². The van der Waals surface area contributed by atoms with E-state index in [-0.39, 0.29) is 35.6 Å². The van der Waals surface area contributed by atoms with Gasteiger partial charge < -0.3 is 5.11 Å². The molecule has 1 fully saturated rings. The number of alkyl halides is 5. The van der Waals surface area contributed by atoms with Crippen molar-refractivity contribution in [1.29, 1.82) is 0 Å². The molecule has 1 aliphatic rings. The number of hydrogen-bond donors (Lipinski definition) is 1. The van der Waals surface area contributed by atoms with Crippen LogP contribution in [0.4, 0.5) is 22.0 Å². The van der Waals surface area contributed by atoms with Gasteiger partial charge in [0, 0.05) is 24.3 Å². The van der Waals surface area contributed by atoms with Crippen molar-refractivity contribution in [1.82, 2.24) is 4.37 Å². The second-order valence-electron chi connectivity index (χ2n) is 4.33. The lowest BCUT2D eigenvalue weighted by Crippen LogP contribution is -2.11. The molecular weight excluding hydrogens is 277 g/mol. The minimum absolute atomic E-state index is 0.0213. The van der Waals surface area contributed by atoms with E-state index in [0.29, 0.717) is 0 Å². The van der Waals surface area contributed by atoms with Crippen LogP contribution in [0.5, 0.6) is 0 Å². The second kappa shape index (κ2) is 4.41. The van der Waals surface area contributed by atoms with Crippen LogP contribution in [0.1, 0.15) is 41.3 Å². The zero-order valence-electron chi connectivity index (χ0n) is 9.10. The normalized spacial score (nSPS) is 23.6. The molecule has 102 valence electrons. The van der Waals surface area contributed by atoms with Gasteiger partial charge in [0.1, 0.15) is 4.88 Å². The van der Waals surface area contributed by atoms with E-state index in [0.717, 1.165) is 0 Å². The first-order valence-electron chi connectivity index (χ1n) is 5.29. The fourth-order valence-corrected chi connectivity index (χ4v) is 3.03. The predicted molar refractivity (Wildman–Crippen MR) is 54.6 cm³/mol. The quantitative estimate of drug-likeness (QED) is 0.844. The van der Waals surface area contributed by atoms with Crippen molar-refractivity contribution in [2.24, 2.45) is 0 Å². The zero-order valence-corrected chi connectivity index (χ0v) is 9.91. The maximum Gasteiger partial charge on any atom is 0.427 e. The summed E-state index contributed by atoms with van der Waals surface area (Å²) in [5.41, 5.74) is -0.373. The van der Waals surface area contributed by atoms with E-state index in [1.807, 2.05) is 0 Å². The standard InChI is InChI=1S/C10H10F5NOS/c11-9(12)2-1-5(3-9)7-6(4-17)8(18-16-7)10(13,14)15/h5,17H,1-4H2. The maximum absolute atomic E-state index is 13.0. The fraction of sp³-hybridized carbons (Fsp3) is 0.700. The summed E-state index contributed by atoms with van der Waals surface area (Å²) < 4.78 is 67.5. The first-order chi connectivity index (χ1) is 8.24. The molecule has 1 aromatic heterocycles. The molecule has 2 rings (SSSR count). The summed E-state index contributed by atoms with van der Waals surface area (Å²) in [5, 5.41) is 9.02. The molecular formula is C10H10F5NOS. The summed E-state index contributed by atoms with van der Waals surface area (Å²) in [6.07, 6.45) is -5.35. The molecule has 0 aliphatic heterocycles. The summed E-state index contributed by atoms with van der Waals surface area (Å²) in [5.74, 6) is -3.55. The van der Waals surface area contributed by atoms with E-state index in [2.05, 4.69) is 4.37 Å². The van der Waals surface area contributed by atoms with E-state index in [1.165, 1.54) is 0 Å². The van der Waals surface area contributed by atoms with Gasteiger partial charge >= 0.3 is 6.18 Å². The Morgan fingerprint density at radius 2 is 2.06 bits per heavy atom. The van der Waals surface area contributed by atoms with Gasteiger partial charge in [-0.05, 0) is 18.0 Å². The average molecular weight is 287 g/mol. The minimum Gasteiger partial charge on any atom is -0.392 e. The van der Waals surface area contributed by atoms with Crippen molar-refractivity contribution >= 4 is 11.5 Å². The number of aromatic nitrogens is 1. The van der Waals surface area contributed by atoms with Gasteiger partial charge in [0.2, 0.25) is 5.92 Å². The van der Waals surface area contributed by atoms with Gasteiger partial charge in [-0.1, -0.05) is 0 Å². The van der Waals surface area contributed by atoms with Gasteiger partial charge in [0.15, 0.2) is 0 Å². The predicted octanol–water partition coefficient (Wildman–Crippen LogP) is 3.56. The van der Waals surface area contributed by atoms with Crippen molar-refractivity contribution in [2.45, 2.75) is 43.9 Å². The molecule has 18 heavy (non-hydrogen) atoms. The molecule has 1 aliphatic carbocycles. The van der Waals surface area contributed by atoms with E-state index < -0.39 is 35.9 Å². The van der Waals surface area contributed by atoms with E-state index >= 15 is 0 Å². The van der Waals surface area contributed by atoms with E-state index in [4.69, 9.17) is 5.11 Å². The Morgan fingerprint density at radius 1 is 1.39 bits per heavy atom. The SMILES string of the molecule is OCc1c(C2CCC(F)(F)C2)nsc1C(F)(F)F. The topological polar surface area (TPSA) is 33.1 Å². The third kappa shape index (κ3) is 2.49. The van der Waals surface area contributed by atoms with Crippen molar-refractivity contribution in [3.8, 4) is 0 Å². The van der Waals surface area contributed by atoms with Crippen LogP contribution in [-0.4, -0.2) is 15.4 Å². The summed E-state index contributed by atoms with van der Waals surface area (Å²) in [6, 6.07) is 0. The van der Waals surface area contributed by atoms with Crippen LogP contribution in [0.15, 0.2) is 0 Å². The number of aliphatic hydroxyl groups is 1. The van der Waals surface area contributed by atoms with Crippen molar-refractivity contribution < 1.29 is 27.1 Å². The van der Waals surface area contributed by atoms with Crippen LogP contribution in [0.3, 0.4) is 0 Å². The first-order valence-corrected chi connectivity index (χ1v) is 6.06. The minimum atomic E-state index is -4.60. The number of aliphatic hydroxyl groups excluding tert-OH is 1. The Kier molecular flexibility index (Phi) is 3.35. The molecule has 1 atom stereocenters. The third-order valence-corrected chi connectivity index (χ3v) is 3.97. The lowest BCUT2D eigenvalue weighted by Gasteiger charge is -2.11. The molecule has 8 heteroatoms. The molecule has 1 heterocycles. The van der Waals surface area contributed by atoms with Gasteiger partial charge in [-0.2, -0.15) is 17.5 Å². The third-order valence-electron chi connectivity index (χ3n) is 3.02. The summed E-state index contributed by atoms with van der Waals surface area (Å²) in [6.45, 7) is -0.831. The molecule has 1 N–H and O–H groups in total. The maximum atomic E-state index is 13.0. The molecule has 0 amide bonds. The number of nitrogens with zero attached hydrogens (tertiary/aromatic N) is 1. The molecule has 0 saturated heterocycles. The number of halogens is 5. The Morgan fingerprint density at radius 3 is 2.50 bits per heavy atom. The van der Waals surface area contributed by atoms with Gasteiger partial charge in [-0.25, -0.2) is 8.78 Å². The largest absolute Gasteiger partial charge is 0.427 e. The van der Waals surface area contributed by atoms with Crippen molar-refractivity contribution in [3.63, 3.8) is 0 Å². The van der Waals surface area contributed by atoms with Gasteiger partial charge in [-0.15, -0.1) is 0 Å². The highest BCUT2D eigenvalue weighted by atomic mass is 32.1. The Hall–Kier alpha value is -0.760. The Bertz CT molecular complexity index is 442. The van der Waals surface area contributed by atoms with Crippen LogP contribution in [0.25, 0.3) is 0 Å². The highest BCUT2D eigenvalue weighted by molar-refractivity contribution is 7.06. The second-order valence-corrected chi connectivity index (χ2v) is 5.10. The van der Waals surface area contributed by atoms with Crippen LogP contribution in [0.2, 0.25) is 0 Å². The lowest BCUT2D eigenvalue weighted by atomic mass is 9.99. The highest BCUT2D eigenvalue weighted by Crippen LogP contribution is 2.47. The van der Waals surface area contributed by atoms with Gasteiger partial charge in [-0.3, -0.25) is 0 Å². The molecule has 0 spiro atoms. The summed E-state index contributed by atoms with van der Waals surface area (Å²) in [4.78, 5) is -0.991. The number of rotatable bonds is 2. The number of hydrogen-bond acceptors (Lipinski definition) is 3. The lowest BCUT2D eigenvalue weighted by molar-refractivity contribution is -0.135. The first kappa shape index (κ1) is 13.7. The molecule has 1 saturated carbocycles. The highest BCUT2D eigenvalue weighted by Gasteiger charge is 2.44. The Balaban J connectivity index is 2.33. The van der Waals surface area contributed by atoms with Crippen molar-refractivity contribution in [3.05, 3.63) is 16.1 Å². The molecule has 2 nitrogen and oxygen atoms in total. The fourth-order valence-electron chi connectivity index (χ4n) is 2.20. The molecule has 0 radical (unpaired) electrons.